The van der Waals surface area contributed by atoms with Gasteiger partial charge in [-0.15, -0.1) is 0 Å². The van der Waals surface area contributed by atoms with Crippen molar-refractivity contribution < 1.29 is 4.79 Å². The smallest absolute Gasteiger partial charge is 0.222 e. The first-order valence-corrected chi connectivity index (χ1v) is 5.18. The Morgan fingerprint density at radius 1 is 1.54 bits per heavy atom. The number of piperidine rings is 1. The van der Waals surface area contributed by atoms with Gasteiger partial charge in [0.25, 0.3) is 0 Å². The summed E-state index contributed by atoms with van der Waals surface area (Å²) in [4.78, 5) is 13.4. The van der Waals surface area contributed by atoms with Crippen LogP contribution in [-0.2, 0) is 4.79 Å². The number of carbonyl (C=O) groups is 1. The molecule has 3 heteroatoms. The summed E-state index contributed by atoms with van der Waals surface area (Å²) >= 11 is 0. The van der Waals surface area contributed by atoms with E-state index < -0.39 is 0 Å². The molecular weight excluding hydrogens is 164 g/mol. The molecule has 1 aliphatic heterocycles. The van der Waals surface area contributed by atoms with Crippen LogP contribution in [0.15, 0.2) is 0 Å². The number of nitrogens with two attached hydrogens (primary N) is 1. The van der Waals surface area contributed by atoms with Gasteiger partial charge in [0.2, 0.25) is 5.91 Å². The second-order valence-corrected chi connectivity index (χ2v) is 3.99. The molecule has 0 saturated carbocycles. The third-order valence-corrected chi connectivity index (χ3v) is 2.97. The lowest BCUT2D eigenvalue weighted by molar-refractivity contribution is -0.133. The maximum Gasteiger partial charge on any atom is 0.222 e. The zero-order valence-corrected chi connectivity index (χ0v) is 8.68. The summed E-state index contributed by atoms with van der Waals surface area (Å²) < 4.78 is 0. The molecule has 0 bridgehead atoms. The summed E-state index contributed by atoms with van der Waals surface area (Å²) in [7, 11) is 0. The van der Waals surface area contributed by atoms with Gasteiger partial charge >= 0.3 is 0 Å². The molecule has 3 nitrogen and oxygen atoms in total. The molecule has 0 radical (unpaired) electrons. The number of hydrogen-bond acceptors (Lipinski definition) is 2. The number of hydrogen-bond donors (Lipinski definition) is 1. The molecule has 2 N–H and O–H groups in total. The Bertz CT molecular complexity index is 193. The molecule has 0 aromatic carbocycles. The van der Waals surface area contributed by atoms with E-state index in [1.165, 1.54) is 0 Å². The van der Waals surface area contributed by atoms with E-state index in [4.69, 9.17) is 5.73 Å². The fourth-order valence-corrected chi connectivity index (χ4v) is 1.89. The lowest BCUT2D eigenvalue weighted by Gasteiger charge is -2.39. The fraction of sp³-hybridized carbons (Fsp3) is 0.900. The molecule has 0 aliphatic carbocycles. The Kier molecular flexibility index (Phi) is 3.31. The predicted molar refractivity (Wildman–Crippen MR) is 53.3 cm³/mol. The minimum absolute atomic E-state index is 0.122. The molecule has 1 saturated heterocycles. The van der Waals surface area contributed by atoms with E-state index in [1.54, 1.807) is 0 Å². The minimum Gasteiger partial charge on any atom is -0.341 e. The summed E-state index contributed by atoms with van der Waals surface area (Å²) in [5, 5.41) is 0. The van der Waals surface area contributed by atoms with Crippen LogP contribution < -0.4 is 5.73 Å². The largest absolute Gasteiger partial charge is 0.341 e. The quantitative estimate of drug-likeness (QED) is 0.699. The van der Waals surface area contributed by atoms with Crippen molar-refractivity contribution in [1.29, 1.82) is 0 Å². The van der Waals surface area contributed by atoms with Crippen molar-refractivity contribution in [3.05, 3.63) is 0 Å². The molecule has 1 atom stereocenters. The van der Waals surface area contributed by atoms with Gasteiger partial charge in [0.1, 0.15) is 0 Å². The lowest BCUT2D eigenvalue weighted by atomic mass is 9.87. The molecule has 13 heavy (non-hydrogen) atoms. The van der Waals surface area contributed by atoms with E-state index in [-0.39, 0.29) is 11.4 Å². The Morgan fingerprint density at radius 2 is 2.23 bits per heavy atom. The normalized spacial score (nSPS) is 29.0. The maximum absolute atomic E-state index is 11.4. The van der Waals surface area contributed by atoms with E-state index in [0.29, 0.717) is 6.42 Å². The van der Waals surface area contributed by atoms with Crippen molar-refractivity contribution >= 4 is 5.91 Å². The van der Waals surface area contributed by atoms with Crippen molar-refractivity contribution in [3.63, 3.8) is 0 Å². The van der Waals surface area contributed by atoms with E-state index in [1.807, 2.05) is 11.8 Å². The van der Waals surface area contributed by atoms with Crippen molar-refractivity contribution in [2.24, 2.45) is 5.73 Å². The van der Waals surface area contributed by atoms with E-state index in [9.17, 15) is 4.79 Å². The van der Waals surface area contributed by atoms with Gasteiger partial charge in [0.15, 0.2) is 0 Å². The fourth-order valence-electron chi connectivity index (χ4n) is 1.89. The molecule has 1 rings (SSSR count). The molecule has 1 heterocycles. The number of nitrogens with zero attached hydrogens (tertiary/aromatic N) is 1. The Balaban J connectivity index is 2.56. The summed E-state index contributed by atoms with van der Waals surface area (Å²) in [6.45, 7) is 5.64. The van der Waals surface area contributed by atoms with Gasteiger partial charge < -0.3 is 10.6 Å². The molecule has 76 valence electrons. The van der Waals surface area contributed by atoms with Crippen LogP contribution in [0.4, 0.5) is 0 Å². The topological polar surface area (TPSA) is 46.3 Å². The zero-order valence-electron chi connectivity index (χ0n) is 8.68. The van der Waals surface area contributed by atoms with Crippen LogP contribution in [0.5, 0.6) is 0 Å². The van der Waals surface area contributed by atoms with Crippen LogP contribution in [-0.4, -0.2) is 29.4 Å². The Hall–Kier alpha value is -0.570. The first-order valence-electron chi connectivity index (χ1n) is 5.18. The molecule has 1 amide bonds. The van der Waals surface area contributed by atoms with Crippen molar-refractivity contribution in [2.45, 2.75) is 45.1 Å². The highest BCUT2D eigenvalue weighted by Crippen LogP contribution is 2.21. The number of carbonyl (C=O) groups excluding carboxylic acids is 1. The molecule has 0 aromatic rings. The number of amides is 1. The molecule has 0 aromatic heterocycles. The van der Waals surface area contributed by atoms with Gasteiger partial charge in [0, 0.05) is 25.0 Å². The van der Waals surface area contributed by atoms with E-state index >= 15 is 0 Å². The second kappa shape index (κ2) is 4.09. The molecular formula is C10H20N2O. The second-order valence-electron chi connectivity index (χ2n) is 3.99. The monoisotopic (exact) mass is 184 g/mol. The van der Waals surface area contributed by atoms with Crippen molar-refractivity contribution in [3.8, 4) is 0 Å². The van der Waals surface area contributed by atoms with Crippen LogP contribution in [0.2, 0.25) is 0 Å². The summed E-state index contributed by atoms with van der Waals surface area (Å²) in [5.74, 6) is 0.239. The average Bonchev–Trinajstić information content (AvgIpc) is 2.17. The van der Waals surface area contributed by atoms with E-state index in [2.05, 4.69) is 6.92 Å². The zero-order chi connectivity index (χ0) is 9.90. The lowest BCUT2D eigenvalue weighted by Crippen LogP contribution is -2.55. The third kappa shape index (κ3) is 2.44. The highest BCUT2D eigenvalue weighted by atomic mass is 16.2. The van der Waals surface area contributed by atoms with Crippen LogP contribution in [0, 0.1) is 0 Å². The maximum atomic E-state index is 11.4. The molecule has 1 unspecified atom stereocenters. The summed E-state index contributed by atoms with van der Waals surface area (Å²) in [6.07, 6.45) is 3.66. The SMILES string of the molecule is CCC(=O)N1CCCC(N)(CC)C1. The highest BCUT2D eigenvalue weighted by molar-refractivity contribution is 5.76. The van der Waals surface area contributed by atoms with Gasteiger partial charge in [-0.1, -0.05) is 13.8 Å². The molecule has 0 spiro atoms. The van der Waals surface area contributed by atoms with Gasteiger partial charge in [-0.2, -0.15) is 0 Å². The average molecular weight is 184 g/mol. The van der Waals surface area contributed by atoms with Crippen molar-refractivity contribution in [1.82, 2.24) is 4.90 Å². The van der Waals surface area contributed by atoms with Gasteiger partial charge in [-0.05, 0) is 19.3 Å². The minimum atomic E-state index is -0.122. The van der Waals surface area contributed by atoms with Crippen molar-refractivity contribution in [2.75, 3.05) is 13.1 Å². The standard InChI is InChI=1S/C10H20N2O/c1-3-9(13)12-7-5-6-10(11,4-2)8-12/h3-8,11H2,1-2H3. The van der Waals surface area contributed by atoms with E-state index in [0.717, 1.165) is 32.4 Å². The van der Waals surface area contributed by atoms with Gasteiger partial charge in [-0.3, -0.25) is 4.79 Å². The first kappa shape index (κ1) is 10.5. The summed E-state index contributed by atoms with van der Waals surface area (Å²) in [5.41, 5.74) is 6.03. The van der Waals surface area contributed by atoms with Crippen LogP contribution in [0.3, 0.4) is 0 Å². The summed E-state index contributed by atoms with van der Waals surface area (Å²) in [6, 6.07) is 0. The first-order chi connectivity index (χ1) is 6.11. The van der Waals surface area contributed by atoms with Crippen LogP contribution in [0.1, 0.15) is 39.5 Å². The third-order valence-electron chi connectivity index (χ3n) is 2.97. The van der Waals surface area contributed by atoms with Crippen LogP contribution >= 0.6 is 0 Å². The van der Waals surface area contributed by atoms with Gasteiger partial charge in [-0.25, -0.2) is 0 Å². The highest BCUT2D eigenvalue weighted by Gasteiger charge is 2.31. The van der Waals surface area contributed by atoms with Gasteiger partial charge in [0.05, 0.1) is 0 Å². The Labute approximate surface area is 80.3 Å². The number of likely N-dealkylation sites (tertiary alicyclic amines) is 1. The number of rotatable bonds is 2. The predicted octanol–water partition coefficient (Wildman–Crippen LogP) is 1.13. The molecule has 1 fully saturated rings. The molecule has 1 aliphatic rings. The van der Waals surface area contributed by atoms with Crippen LogP contribution in [0.25, 0.3) is 0 Å². The Morgan fingerprint density at radius 3 is 2.77 bits per heavy atom.